The molecule has 0 bridgehead atoms. The quantitative estimate of drug-likeness (QED) is 0.833. The number of aryl methyl sites for hydroxylation is 1. The lowest BCUT2D eigenvalue weighted by Crippen LogP contribution is -2.57. The van der Waals surface area contributed by atoms with Gasteiger partial charge in [0.05, 0.1) is 0 Å². The molecule has 2 amide bonds. The Bertz CT molecular complexity index is 853. The summed E-state index contributed by atoms with van der Waals surface area (Å²) in [5.74, 6) is 0.485. The molecule has 0 saturated carbocycles. The third-order valence-electron chi connectivity index (χ3n) is 6.89. The fourth-order valence-corrected chi connectivity index (χ4v) is 5.34. The molecule has 1 aliphatic carbocycles. The summed E-state index contributed by atoms with van der Waals surface area (Å²) in [4.78, 5) is 19.3. The van der Waals surface area contributed by atoms with Gasteiger partial charge < -0.3 is 19.3 Å². The van der Waals surface area contributed by atoms with E-state index in [2.05, 4.69) is 61.8 Å². The topological polar surface area (TPSA) is 31.7 Å². The average molecular weight is 369 g/mol. The fourth-order valence-electron chi connectivity index (χ4n) is 5.34. The van der Waals surface area contributed by atoms with Crippen molar-refractivity contribution in [2.24, 2.45) is 7.05 Å². The molecule has 5 nitrogen and oxygen atoms in total. The van der Waals surface area contributed by atoms with E-state index in [-0.39, 0.29) is 12.1 Å². The van der Waals surface area contributed by atoms with Crippen LogP contribution in [0.1, 0.15) is 37.3 Å². The Morgan fingerprint density at radius 3 is 2.67 bits per heavy atom. The smallest absolute Gasteiger partial charge is 0.320 e. The van der Waals surface area contributed by atoms with Crippen LogP contribution < -0.4 is 0 Å². The van der Waals surface area contributed by atoms with Crippen molar-refractivity contribution in [3.63, 3.8) is 0 Å². The Balaban J connectivity index is 1.66. The van der Waals surface area contributed by atoms with Crippen molar-refractivity contribution >= 4 is 16.9 Å². The van der Waals surface area contributed by atoms with E-state index < -0.39 is 0 Å². The number of hydrogen-bond acceptors (Lipinski definition) is 2. The molecule has 2 aliphatic rings. The summed E-state index contributed by atoms with van der Waals surface area (Å²) in [5, 5.41) is 1.45. The zero-order valence-electron chi connectivity index (χ0n) is 17.3. The number of likely N-dealkylation sites (tertiary alicyclic amines) is 1. The molecule has 2 heterocycles. The summed E-state index contributed by atoms with van der Waals surface area (Å²) in [5.41, 5.74) is 4.28. The Morgan fingerprint density at radius 1 is 1.22 bits per heavy atom. The molecule has 1 aromatic carbocycles. The first-order chi connectivity index (χ1) is 13.0. The van der Waals surface area contributed by atoms with Crippen LogP contribution in [-0.4, -0.2) is 71.1 Å². The highest BCUT2D eigenvalue weighted by atomic mass is 16.2. The molecule has 146 valence electrons. The Morgan fingerprint density at radius 2 is 1.96 bits per heavy atom. The second kappa shape index (κ2) is 6.86. The summed E-state index contributed by atoms with van der Waals surface area (Å²) in [6.07, 6.45) is 4.46. The van der Waals surface area contributed by atoms with E-state index in [0.29, 0.717) is 12.0 Å². The lowest BCUT2D eigenvalue weighted by Gasteiger charge is -2.48. The second-order valence-corrected chi connectivity index (χ2v) is 8.28. The van der Waals surface area contributed by atoms with Gasteiger partial charge >= 0.3 is 6.03 Å². The monoisotopic (exact) mass is 368 g/mol. The number of aromatic nitrogens is 1. The van der Waals surface area contributed by atoms with Crippen molar-refractivity contribution in [1.29, 1.82) is 0 Å². The first-order valence-corrected chi connectivity index (χ1v) is 10.2. The summed E-state index contributed by atoms with van der Waals surface area (Å²) >= 11 is 0. The number of likely N-dealkylation sites (N-methyl/N-ethyl adjacent to an activating group) is 2. The van der Waals surface area contributed by atoms with Gasteiger partial charge in [0, 0.05) is 68.8 Å². The van der Waals surface area contributed by atoms with Crippen LogP contribution in [-0.2, 0) is 13.5 Å². The van der Waals surface area contributed by atoms with Crippen molar-refractivity contribution in [1.82, 2.24) is 19.3 Å². The van der Waals surface area contributed by atoms with Crippen molar-refractivity contribution in [2.75, 3.05) is 33.7 Å². The van der Waals surface area contributed by atoms with E-state index in [1.165, 1.54) is 22.0 Å². The maximum atomic E-state index is 12.9. The Kier molecular flexibility index (Phi) is 4.66. The number of piperidine rings is 1. The minimum Gasteiger partial charge on any atom is -0.350 e. The number of hydrogen-bond donors (Lipinski definition) is 0. The van der Waals surface area contributed by atoms with Crippen LogP contribution >= 0.6 is 0 Å². The largest absolute Gasteiger partial charge is 0.350 e. The minimum absolute atomic E-state index is 0.159. The van der Waals surface area contributed by atoms with Gasteiger partial charge in [-0.15, -0.1) is 0 Å². The minimum atomic E-state index is 0.159. The van der Waals surface area contributed by atoms with Crippen LogP contribution in [0.15, 0.2) is 24.4 Å². The van der Waals surface area contributed by atoms with Gasteiger partial charge in [-0.1, -0.05) is 12.1 Å². The van der Waals surface area contributed by atoms with Gasteiger partial charge in [0.1, 0.15) is 0 Å². The predicted molar refractivity (Wildman–Crippen MR) is 110 cm³/mol. The lowest BCUT2D eigenvalue weighted by atomic mass is 9.74. The standard InChI is InChI=1S/C22H32N4O/c1-6-26(7-2)22(27)25(5)16-12-18-17-9-8-10-19-21(17)15(13-23(19)3)11-20(18)24(4)14-16/h8-10,13,16,18,20H,6-7,11-12,14H2,1-5H3. The van der Waals surface area contributed by atoms with Gasteiger partial charge in [-0.05, 0) is 50.9 Å². The van der Waals surface area contributed by atoms with Crippen molar-refractivity contribution in [3.05, 3.63) is 35.5 Å². The van der Waals surface area contributed by atoms with Gasteiger partial charge in [-0.3, -0.25) is 0 Å². The zero-order chi connectivity index (χ0) is 19.3. The van der Waals surface area contributed by atoms with Gasteiger partial charge in [0.25, 0.3) is 0 Å². The number of amides is 2. The first kappa shape index (κ1) is 18.4. The maximum Gasteiger partial charge on any atom is 0.320 e. The molecule has 1 aliphatic heterocycles. The molecule has 0 radical (unpaired) electrons. The maximum absolute atomic E-state index is 12.9. The third kappa shape index (κ3) is 2.83. The normalized spacial score (nSPS) is 24.7. The highest BCUT2D eigenvalue weighted by molar-refractivity contribution is 5.89. The number of rotatable bonds is 3. The van der Waals surface area contributed by atoms with Crippen molar-refractivity contribution in [3.8, 4) is 0 Å². The highest BCUT2D eigenvalue weighted by Crippen LogP contribution is 2.44. The Hall–Kier alpha value is -2.01. The number of benzene rings is 1. The van der Waals surface area contributed by atoms with Gasteiger partial charge in [0.2, 0.25) is 0 Å². The zero-order valence-corrected chi connectivity index (χ0v) is 17.3. The lowest BCUT2D eigenvalue weighted by molar-refractivity contribution is 0.0745. The molecule has 5 heteroatoms. The predicted octanol–water partition coefficient (Wildman–Crippen LogP) is 3.28. The van der Waals surface area contributed by atoms with Gasteiger partial charge in [-0.25, -0.2) is 4.79 Å². The van der Waals surface area contributed by atoms with Crippen LogP contribution in [0.4, 0.5) is 4.79 Å². The summed E-state index contributed by atoms with van der Waals surface area (Å²) in [7, 11) is 6.36. The molecule has 3 atom stereocenters. The molecule has 1 fully saturated rings. The molecule has 2 aromatic rings. The van der Waals surface area contributed by atoms with Crippen LogP contribution in [0, 0.1) is 0 Å². The molecular weight excluding hydrogens is 336 g/mol. The molecule has 1 aromatic heterocycles. The van der Waals surface area contributed by atoms with Crippen molar-refractivity contribution in [2.45, 2.75) is 44.7 Å². The SMILES string of the molecule is CCN(CC)C(=O)N(C)C1CC2c3cccc4c3c(cn4C)CC2N(C)C1. The second-order valence-electron chi connectivity index (χ2n) is 8.28. The molecule has 1 saturated heterocycles. The number of urea groups is 1. The number of carbonyl (C=O) groups is 1. The van der Waals surface area contributed by atoms with E-state index in [0.717, 1.165) is 32.5 Å². The van der Waals surface area contributed by atoms with Gasteiger partial charge in [-0.2, -0.15) is 0 Å². The molecule has 3 unspecified atom stereocenters. The number of fused-ring (bicyclic) bond motifs is 2. The summed E-state index contributed by atoms with van der Waals surface area (Å²) < 4.78 is 2.26. The van der Waals surface area contributed by atoms with Gasteiger partial charge in [0.15, 0.2) is 0 Å². The third-order valence-corrected chi connectivity index (χ3v) is 6.89. The fraction of sp³-hybridized carbons (Fsp3) is 0.591. The number of carbonyl (C=O) groups excluding carboxylic acids is 1. The van der Waals surface area contributed by atoms with E-state index in [9.17, 15) is 4.79 Å². The number of nitrogens with zero attached hydrogens (tertiary/aromatic N) is 4. The average Bonchev–Trinajstić information content (AvgIpc) is 3.00. The van der Waals surface area contributed by atoms with E-state index >= 15 is 0 Å². The van der Waals surface area contributed by atoms with Crippen LogP contribution in [0.2, 0.25) is 0 Å². The van der Waals surface area contributed by atoms with Crippen LogP contribution in [0.5, 0.6) is 0 Å². The van der Waals surface area contributed by atoms with Crippen molar-refractivity contribution < 1.29 is 4.79 Å². The summed E-state index contributed by atoms with van der Waals surface area (Å²) in [6.45, 7) is 6.58. The molecule has 0 N–H and O–H groups in total. The van der Waals surface area contributed by atoms with Crippen LogP contribution in [0.25, 0.3) is 10.9 Å². The molecular formula is C22H32N4O. The highest BCUT2D eigenvalue weighted by Gasteiger charge is 2.41. The van der Waals surface area contributed by atoms with Crippen LogP contribution in [0.3, 0.4) is 0 Å². The van der Waals surface area contributed by atoms with E-state index in [1.54, 1.807) is 0 Å². The molecule has 0 spiro atoms. The molecule has 27 heavy (non-hydrogen) atoms. The first-order valence-electron chi connectivity index (χ1n) is 10.2. The summed E-state index contributed by atoms with van der Waals surface area (Å²) in [6, 6.07) is 7.67. The molecule has 4 rings (SSSR count). The Labute approximate surface area is 162 Å². The van der Waals surface area contributed by atoms with E-state index in [1.807, 2.05) is 16.8 Å². The van der Waals surface area contributed by atoms with E-state index in [4.69, 9.17) is 0 Å².